The summed E-state index contributed by atoms with van der Waals surface area (Å²) < 4.78 is 4.96. The van der Waals surface area contributed by atoms with Gasteiger partial charge in [0.05, 0.1) is 28.9 Å². The number of amides is 2. The number of fused-ring (bicyclic) bond motifs is 2. The van der Waals surface area contributed by atoms with Crippen LogP contribution in [-0.4, -0.2) is 47.1 Å². The van der Waals surface area contributed by atoms with E-state index in [1.54, 1.807) is 66.0 Å². The third-order valence-electron chi connectivity index (χ3n) is 6.81. The summed E-state index contributed by atoms with van der Waals surface area (Å²) >= 11 is 3.11. The van der Waals surface area contributed by atoms with E-state index in [0.29, 0.717) is 54.8 Å². The first-order valence-corrected chi connectivity index (χ1v) is 15.3. The van der Waals surface area contributed by atoms with Gasteiger partial charge in [-0.2, -0.15) is 4.99 Å². The van der Waals surface area contributed by atoms with Gasteiger partial charge >= 0.3 is 11.9 Å². The van der Waals surface area contributed by atoms with E-state index in [-0.39, 0.29) is 29.2 Å². The lowest BCUT2D eigenvalue weighted by Gasteiger charge is -2.12. The highest BCUT2D eigenvalue weighted by Gasteiger charge is 2.23. The van der Waals surface area contributed by atoms with Gasteiger partial charge in [-0.15, -0.1) is 22.7 Å². The van der Waals surface area contributed by atoms with Crippen LogP contribution in [0.5, 0.6) is 0 Å². The van der Waals surface area contributed by atoms with E-state index in [1.807, 2.05) is 24.3 Å². The number of nitrogens with one attached hydrogen (secondary N) is 2. The van der Waals surface area contributed by atoms with Crippen molar-refractivity contribution in [3.8, 4) is 0 Å². The Morgan fingerprint density at radius 2 is 1.45 bits per heavy atom. The number of aliphatic imine (C=N–C) groups is 1. The molecule has 0 saturated carbocycles. The van der Waals surface area contributed by atoms with Gasteiger partial charge in [-0.25, -0.2) is 9.59 Å². The maximum absolute atomic E-state index is 11.8. The number of ether oxygens (including phenoxy) is 1. The number of benzene rings is 2. The van der Waals surface area contributed by atoms with Crippen LogP contribution in [0, 0.1) is 5.41 Å². The molecule has 4 heterocycles. The third kappa shape index (κ3) is 7.16. The van der Waals surface area contributed by atoms with Crippen LogP contribution in [0.4, 0.5) is 0 Å². The van der Waals surface area contributed by atoms with Gasteiger partial charge in [-0.1, -0.05) is 24.3 Å². The molecule has 0 bridgehead atoms. The zero-order valence-corrected chi connectivity index (χ0v) is 25.3. The van der Waals surface area contributed by atoms with E-state index in [9.17, 15) is 19.2 Å². The van der Waals surface area contributed by atoms with E-state index in [1.165, 1.54) is 0 Å². The highest BCUT2D eigenvalue weighted by molar-refractivity contribution is 7.12. The Kier molecular flexibility index (Phi) is 9.12. The Morgan fingerprint density at radius 1 is 0.909 bits per heavy atom. The van der Waals surface area contributed by atoms with E-state index in [2.05, 4.69) is 10.3 Å². The lowest BCUT2D eigenvalue weighted by atomic mass is 10.1. The number of nitrogens with zero attached hydrogens (tertiary/aromatic N) is 1. The number of carboxylic acid groups (broad SMARTS) is 1. The number of hydrogen-bond donors (Lipinski definition) is 4. The molecule has 2 aliphatic heterocycles. The molecular weight excluding hydrogens is 601 g/mol. The van der Waals surface area contributed by atoms with Crippen molar-refractivity contribution in [3.63, 3.8) is 0 Å². The molecule has 12 heteroatoms. The second-order valence-electron chi connectivity index (χ2n) is 10.1. The number of hydrogen-bond acceptors (Lipinski definition) is 9. The fourth-order valence-corrected chi connectivity index (χ4v) is 7.14. The molecule has 0 aliphatic carbocycles. The van der Waals surface area contributed by atoms with Gasteiger partial charge in [-0.3, -0.25) is 15.0 Å². The molecule has 5 N–H and O–H groups in total. The molecular formula is C32H28N4O6S2. The van der Waals surface area contributed by atoms with Gasteiger partial charge < -0.3 is 20.9 Å². The molecule has 224 valence electrons. The maximum atomic E-state index is 11.8. The summed E-state index contributed by atoms with van der Waals surface area (Å²) in [5, 5.41) is 19.0. The summed E-state index contributed by atoms with van der Waals surface area (Å²) in [5.41, 5.74) is 9.79. The number of rotatable bonds is 7. The molecule has 4 aromatic rings. The highest BCUT2D eigenvalue weighted by Crippen LogP contribution is 2.29. The number of thiophene rings is 2. The molecule has 2 aromatic carbocycles. The summed E-state index contributed by atoms with van der Waals surface area (Å²) in [5.74, 6) is -1.14. The Hall–Kier alpha value is -4.94. The number of carbonyl (C=O) groups is 4. The van der Waals surface area contributed by atoms with Crippen molar-refractivity contribution in [1.29, 1.82) is 5.41 Å². The Bertz CT molecular complexity index is 1800. The van der Waals surface area contributed by atoms with Crippen LogP contribution in [0.2, 0.25) is 0 Å². The lowest BCUT2D eigenvalue weighted by Crippen LogP contribution is -2.35. The van der Waals surface area contributed by atoms with Crippen LogP contribution in [0.3, 0.4) is 0 Å². The molecule has 2 aromatic heterocycles. The molecule has 10 nitrogen and oxygen atoms in total. The van der Waals surface area contributed by atoms with Crippen LogP contribution in [0.15, 0.2) is 65.7 Å². The molecule has 2 amide bonds. The molecule has 6 rings (SSSR count). The number of nitrogens with two attached hydrogens (primary N) is 1. The number of amidine groups is 2. The Morgan fingerprint density at radius 3 is 2.02 bits per heavy atom. The minimum Gasteiger partial charge on any atom is -0.478 e. The SMILES string of the molecule is CCOC(=O)c1ccc(Cc2cc3c(s2)CC(=N)NC3=O)cc1.NC1=NC(=O)c2cc(Cc3ccc(C(=O)O)cc3)sc2C1. The van der Waals surface area contributed by atoms with E-state index < -0.39 is 5.97 Å². The molecule has 0 unspecified atom stereocenters. The summed E-state index contributed by atoms with van der Waals surface area (Å²) in [6.07, 6.45) is 2.35. The molecule has 0 radical (unpaired) electrons. The minimum absolute atomic E-state index is 0.198. The molecule has 44 heavy (non-hydrogen) atoms. The predicted octanol–water partition coefficient (Wildman–Crippen LogP) is 4.87. The Balaban J connectivity index is 0.000000175. The molecule has 0 saturated heterocycles. The van der Waals surface area contributed by atoms with Gasteiger partial charge in [0.1, 0.15) is 11.7 Å². The average molecular weight is 629 g/mol. The van der Waals surface area contributed by atoms with Crippen molar-refractivity contribution in [2.45, 2.75) is 32.6 Å². The van der Waals surface area contributed by atoms with Crippen LogP contribution < -0.4 is 11.1 Å². The zero-order chi connectivity index (χ0) is 31.4. The van der Waals surface area contributed by atoms with E-state index in [4.69, 9.17) is 21.0 Å². The van der Waals surface area contributed by atoms with Gasteiger partial charge in [0.25, 0.3) is 11.8 Å². The first kappa shape index (κ1) is 30.5. The fourth-order valence-electron chi connectivity index (χ4n) is 4.72. The summed E-state index contributed by atoms with van der Waals surface area (Å²) in [6, 6.07) is 17.8. The minimum atomic E-state index is -0.939. The average Bonchev–Trinajstić information content (AvgIpc) is 3.58. The van der Waals surface area contributed by atoms with E-state index in [0.717, 1.165) is 30.6 Å². The first-order valence-electron chi connectivity index (χ1n) is 13.7. The van der Waals surface area contributed by atoms with Gasteiger partial charge in [-0.05, 0) is 54.4 Å². The number of carbonyl (C=O) groups excluding carboxylic acids is 3. The smallest absolute Gasteiger partial charge is 0.338 e. The van der Waals surface area contributed by atoms with Crippen molar-refractivity contribution >= 4 is 58.1 Å². The zero-order valence-electron chi connectivity index (χ0n) is 23.6. The normalized spacial score (nSPS) is 13.6. The van der Waals surface area contributed by atoms with Crippen molar-refractivity contribution < 1.29 is 29.0 Å². The van der Waals surface area contributed by atoms with Gasteiger partial charge in [0, 0.05) is 45.2 Å². The van der Waals surface area contributed by atoms with Gasteiger partial charge in [0.2, 0.25) is 0 Å². The van der Waals surface area contributed by atoms with Crippen molar-refractivity contribution in [2.75, 3.05) is 6.61 Å². The monoisotopic (exact) mass is 628 g/mol. The number of carboxylic acids is 1. The van der Waals surface area contributed by atoms with Crippen LogP contribution >= 0.6 is 22.7 Å². The standard InChI is InChI=1S/C17H16N2O3S.C15H12N2O3S/c1-2-22-17(21)11-5-3-10(4-6-11)7-12-8-13-14(23-12)9-15(18)19-16(13)20;16-13-7-12-11(14(18)17-13)6-10(21-12)5-8-1-3-9(4-2-8)15(19)20/h3-6,8H,2,7,9H2,1H3,(H2,18,19,20);1-4,6H,5,7H2,(H,19,20)(H2,16,17,18). The number of esters is 1. The van der Waals surface area contributed by atoms with Crippen LogP contribution in [0.25, 0.3) is 0 Å². The Labute approximate surface area is 260 Å². The largest absolute Gasteiger partial charge is 0.478 e. The maximum Gasteiger partial charge on any atom is 0.338 e. The summed E-state index contributed by atoms with van der Waals surface area (Å²) in [6.45, 7) is 2.14. The summed E-state index contributed by atoms with van der Waals surface area (Å²) in [4.78, 5) is 53.8. The van der Waals surface area contributed by atoms with Crippen molar-refractivity contribution in [1.82, 2.24) is 5.32 Å². The third-order valence-corrected chi connectivity index (χ3v) is 9.08. The quantitative estimate of drug-likeness (QED) is 0.211. The second kappa shape index (κ2) is 13.1. The molecule has 0 spiro atoms. The van der Waals surface area contributed by atoms with E-state index >= 15 is 0 Å². The van der Waals surface area contributed by atoms with Gasteiger partial charge in [0.15, 0.2) is 0 Å². The molecule has 0 fully saturated rings. The fraction of sp³-hybridized carbons (Fsp3) is 0.188. The lowest BCUT2D eigenvalue weighted by molar-refractivity contribution is 0.0525. The van der Waals surface area contributed by atoms with Crippen molar-refractivity contribution in [3.05, 3.63) is 114 Å². The highest BCUT2D eigenvalue weighted by atomic mass is 32.1. The topological polar surface area (TPSA) is 172 Å². The number of aromatic carboxylic acids is 1. The second-order valence-corrected chi connectivity index (χ2v) is 12.5. The predicted molar refractivity (Wildman–Crippen MR) is 169 cm³/mol. The molecule has 0 atom stereocenters. The van der Waals surface area contributed by atoms with Crippen LogP contribution in [-0.2, 0) is 30.4 Å². The summed E-state index contributed by atoms with van der Waals surface area (Å²) in [7, 11) is 0. The van der Waals surface area contributed by atoms with Crippen LogP contribution in [0.1, 0.15) is 79.0 Å². The van der Waals surface area contributed by atoms with Crippen molar-refractivity contribution in [2.24, 2.45) is 10.7 Å². The molecule has 2 aliphatic rings. The first-order chi connectivity index (χ1) is 21.1.